The van der Waals surface area contributed by atoms with Crippen molar-refractivity contribution < 1.29 is 14.3 Å². The topological polar surface area (TPSA) is 59.9 Å². The molecule has 1 fully saturated rings. The number of carbonyl (C=O) groups is 1. The van der Waals surface area contributed by atoms with Gasteiger partial charge in [-0.25, -0.2) is 0 Å². The zero-order chi connectivity index (χ0) is 19.5. The Morgan fingerprint density at radius 2 is 2.11 bits per heavy atom. The molecule has 28 heavy (non-hydrogen) atoms. The fourth-order valence-corrected chi connectivity index (χ4v) is 3.58. The highest BCUT2D eigenvalue weighted by atomic mass is 16.5. The molecule has 0 aromatic heterocycles. The highest BCUT2D eigenvalue weighted by Gasteiger charge is 2.32. The maximum Gasteiger partial charge on any atom is 0.226 e. The third-order valence-electron chi connectivity index (χ3n) is 5.00. The molecule has 1 amide bonds. The number of rotatable bonds is 5. The van der Waals surface area contributed by atoms with Crippen LogP contribution in [0.2, 0.25) is 0 Å². The average Bonchev–Trinajstić information content (AvgIpc) is 3.20. The number of nitrogens with zero attached hydrogens (tertiary/aromatic N) is 1. The Morgan fingerprint density at radius 1 is 1.25 bits per heavy atom. The van der Waals surface area contributed by atoms with Crippen LogP contribution in [0.3, 0.4) is 0 Å². The summed E-state index contributed by atoms with van der Waals surface area (Å²) in [7, 11) is 1.61. The number of benzene rings is 2. The van der Waals surface area contributed by atoms with Gasteiger partial charge in [0.2, 0.25) is 5.91 Å². The Kier molecular flexibility index (Phi) is 4.86. The summed E-state index contributed by atoms with van der Waals surface area (Å²) in [5.74, 6) is 4.57. The first-order valence-corrected chi connectivity index (χ1v) is 9.09. The summed E-state index contributed by atoms with van der Waals surface area (Å²) >= 11 is 0. The summed E-state index contributed by atoms with van der Waals surface area (Å²) in [5.41, 5.74) is 3.82. The van der Waals surface area contributed by atoms with Crippen LogP contribution in [0.15, 0.2) is 59.1 Å². The molecule has 5 heteroatoms. The molecule has 4 rings (SSSR count). The van der Waals surface area contributed by atoms with Gasteiger partial charge in [-0.1, -0.05) is 36.3 Å². The molecule has 0 bridgehead atoms. The van der Waals surface area contributed by atoms with Gasteiger partial charge in [0, 0.05) is 29.0 Å². The fourth-order valence-electron chi connectivity index (χ4n) is 3.58. The van der Waals surface area contributed by atoms with Crippen LogP contribution in [0.5, 0.6) is 11.5 Å². The largest absolute Gasteiger partial charge is 0.493 e. The number of terminal acetylenes is 1. The molecule has 1 unspecified atom stereocenters. The number of aliphatic imine (C=N–C) groups is 1. The van der Waals surface area contributed by atoms with E-state index in [2.05, 4.69) is 22.3 Å². The molecule has 2 heterocycles. The predicted octanol–water partition coefficient (Wildman–Crippen LogP) is 3.20. The zero-order valence-electron chi connectivity index (χ0n) is 15.6. The van der Waals surface area contributed by atoms with Gasteiger partial charge in [0.15, 0.2) is 11.5 Å². The third-order valence-corrected chi connectivity index (χ3v) is 5.00. The standard InChI is InChI=1S/C23H20N2O3/c1-3-15-6-4-5-7-17(15)14-28-20-9-8-16(12-21(20)27-2)19-13-22(26)25-23-18(19)10-11-24-23/h1,4-10,12,19H,11,13-14H2,2H3,(H,24,25,26). The van der Waals surface area contributed by atoms with E-state index in [1.165, 1.54) is 0 Å². The average molecular weight is 372 g/mol. The summed E-state index contributed by atoms with van der Waals surface area (Å²) in [6.07, 6.45) is 8.01. The number of ether oxygens (including phenoxy) is 2. The number of methoxy groups -OCH3 is 1. The first-order chi connectivity index (χ1) is 13.7. The molecule has 2 aromatic rings. The lowest BCUT2D eigenvalue weighted by Crippen LogP contribution is -2.38. The van der Waals surface area contributed by atoms with E-state index in [-0.39, 0.29) is 11.8 Å². The second-order valence-electron chi connectivity index (χ2n) is 6.65. The number of fused-ring (bicyclic) bond motifs is 1. The molecule has 140 valence electrons. The lowest BCUT2D eigenvalue weighted by atomic mass is 9.85. The number of hydrogen-bond acceptors (Lipinski definition) is 4. The fraction of sp³-hybridized carbons (Fsp3) is 0.217. The van der Waals surface area contributed by atoms with E-state index < -0.39 is 0 Å². The van der Waals surface area contributed by atoms with Crippen molar-refractivity contribution in [2.24, 2.45) is 4.99 Å². The molecule has 0 spiro atoms. The van der Waals surface area contributed by atoms with E-state index in [1.807, 2.05) is 42.5 Å². The zero-order valence-corrected chi connectivity index (χ0v) is 15.6. The number of nitrogens with one attached hydrogen (secondary N) is 1. The highest BCUT2D eigenvalue weighted by Crippen LogP contribution is 2.38. The van der Waals surface area contributed by atoms with Gasteiger partial charge in [-0.05, 0) is 23.8 Å². The summed E-state index contributed by atoms with van der Waals surface area (Å²) in [6.45, 7) is 0.957. The van der Waals surface area contributed by atoms with Crippen LogP contribution in [0, 0.1) is 12.3 Å². The molecule has 1 saturated heterocycles. The van der Waals surface area contributed by atoms with Crippen LogP contribution in [-0.2, 0) is 11.4 Å². The molecular weight excluding hydrogens is 352 g/mol. The molecule has 0 radical (unpaired) electrons. The van der Waals surface area contributed by atoms with Crippen LogP contribution in [-0.4, -0.2) is 25.4 Å². The van der Waals surface area contributed by atoms with Crippen LogP contribution in [0.4, 0.5) is 0 Å². The Bertz CT molecular complexity index is 1030. The van der Waals surface area contributed by atoms with Crippen LogP contribution in [0.1, 0.15) is 29.0 Å². The second-order valence-corrected chi connectivity index (χ2v) is 6.65. The molecular formula is C23H20N2O3. The van der Waals surface area contributed by atoms with E-state index in [1.54, 1.807) is 7.11 Å². The second kappa shape index (κ2) is 7.61. The van der Waals surface area contributed by atoms with Crippen molar-refractivity contribution in [3.05, 3.63) is 70.8 Å². The van der Waals surface area contributed by atoms with Crippen molar-refractivity contribution in [1.82, 2.24) is 5.32 Å². The maximum atomic E-state index is 12.0. The lowest BCUT2D eigenvalue weighted by Gasteiger charge is -2.26. The van der Waals surface area contributed by atoms with Crippen molar-refractivity contribution in [2.75, 3.05) is 13.7 Å². The van der Waals surface area contributed by atoms with Crippen LogP contribution in [0.25, 0.3) is 0 Å². The Morgan fingerprint density at radius 3 is 2.93 bits per heavy atom. The van der Waals surface area contributed by atoms with Crippen LogP contribution < -0.4 is 14.8 Å². The van der Waals surface area contributed by atoms with Crippen molar-refractivity contribution in [3.8, 4) is 23.8 Å². The quantitative estimate of drug-likeness (QED) is 0.820. The van der Waals surface area contributed by atoms with E-state index >= 15 is 0 Å². The van der Waals surface area contributed by atoms with E-state index in [4.69, 9.17) is 15.9 Å². The smallest absolute Gasteiger partial charge is 0.226 e. The van der Waals surface area contributed by atoms with Crippen LogP contribution >= 0.6 is 0 Å². The highest BCUT2D eigenvalue weighted by molar-refractivity contribution is 6.12. The van der Waals surface area contributed by atoms with Gasteiger partial charge in [0.25, 0.3) is 0 Å². The predicted molar refractivity (Wildman–Crippen MR) is 108 cm³/mol. The Labute approximate surface area is 164 Å². The SMILES string of the molecule is C#Cc1ccccc1COc1ccc(C2CC(=O)NC3=NCC=C32)cc1OC. The molecule has 2 aliphatic rings. The molecule has 0 saturated carbocycles. The number of hydrogen-bond donors (Lipinski definition) is 1. The maximum absolute atomic E-state index is 12.0. The molecule has 0 aliphatic carbocycles. The van der Waals surface area contributed by atoms with Gasteiger partial charge in [-0.2, -0.15) is 0 Å². The van der Waals surface area contributed by atoms with E-state index in [0.717, 1.165) is 22.3 Å². The van der Waals surface area contributed by atoms with Gasteiger partial charge in [-0.15, -0.1) is 6.42 Å². The summed E-state index contributed by atoms with van der Waals surface area (Å²) in [4.78, 5) is 16.4. The minimum Gasteiger partial charge on any atom is -0.493 e. The van der Waals surface area contributed by atoms with Gasteiger partial charge >= 0.3 is 0 Å². The summed E-state index contributed by atoms with van der Waals surface area (Å²) < 4.78 is 11.5. The van der Waals surface area contributed by atoms with Crippen molar-refractivity contribution in [1.29, 1.82) is 0 Å². The van der Waals surface area contributed by atoms with Crippen molar-refractivity contribution in [3.63, 3.8) is 0 Å². The lowest BCUT2D eigenvalue weighted by molar-refractivity contribution is -0.120. The molecule has 5 nitrogen and oxygen atoms in total. The number of amides is 1. The van der Waals surface area contributed by atoms with Crippen molar-refractivity contribution >= 4 is 11.7 Å². The molecule has 1 N–H and O–H groups in total. The number of piperidine rings is 1. The number of carbonyl (C=O) groups excluding carboxylic acids is 1. The molecule has 2 aromatic carbocycles. The van der Waals surface area contributed by atoms with E-state index in [9.17, 15) is 4.79 Å². The molecule has 2 aliphatic heterocycles. The minimum atomic E-state index is -0.0277. The number of amidine groups is 1. The monoisotopic (exact) mass is 372 g/mol. The van der Waals surface area contributed by atoms with Crippen molar-refractivity contribution in [2.45, 2.75) is 18.9 Å². The van der Waals surface area contributed by atoms with Gasteiger partial charge in [0.1, 0.15) is 12.4 Å². The Balaban J connectivity index is 1.57. The summed E-state index contributed by atoms with van der Waals surface area (Å²) in [6, 6.07) is 13.5. The first kappa shape index (κ1) is 17.9. The molecule has 1 atom stereocenters. The first-order valence-electron chi connectivity index (χ1n) is 9.09. The van der Waals surface area contributed by atoms with Gasteiger partial charge in [0.05, 0.1) is 13.7 Å². The summed E-state index contributed by atoms with van der Waals surface area (Å²) in [5, 5.41) is 2.84. The third kappa shape index (κ3) is 3.37. The normalized spacial score (nSPS) is 17.7. The van der Waals surface area contributed by atoms with Gasteiger partial charge < -0.3 is 14.8 Å². The van der Waals surface area contributed by atoms with E-state index in [0.29, 0.717) is 36.9 Å². The minimum absolute atomic E-state index is 0.0204. The Hall–Kier alpha value is -3.52. The van der Waals surface area contributed by atoms with Gasteiger partial charge in [-0.3, -0.25) is 9.79 Å².